The number of pyridine rings is 1. The van der Waals surface area contributed by atoms with Gasteiger partial charge in [-0.15, -0.1) is 0 Å². The van der Waals surface area contributed by atoms with Crippen molar-refractivity contribution >= 4 is 5.91 Å². The summed E-state index contributed by atoms with van der Waals surface area (Å²) < 4.78 is 8.31. The summed E-state index contributed by atoms with van der Waals surface area (Å²) in [6.07, 6.45) is 6.18. The van der Waals surface area contributed by atoms with Crippen molar-refractivity contribution in [2.75, 3.05) is 6.54 Å². The Morgan fingerprint density at radius 3 is 2.83 bits per heavy atom. The van der Waals surface area contributed by atoms with Gasteiger partial charge in [0.1, 0.15) is 0 Å². The third-order valence-corrected chi connectivity index (χ3v) is 4.27. The van der Waals surface area contributed by atoms with E-state index in [1.807, 2.05) is 23.1 Å². The zero-order valence-corrected chi connectivity index (χ0v) is 14.4. The van der Waals surface area contributed by atoms with Crippen LogP contribution >= 0.6 is 0 Å². The molecule has 0 bridgehead atoms. The first-order valence-electron chi connectivity index (χ1n) is 8.54. The highest BCUT2D eigenvalue weighted by molar-refractivity contribution is 5.76. The molecule has 2 aromatic rings. The van der Waals surface area contributed by atoms with Gasteiger partial charge in [-0.2, -0.15) is 0 Å². The highest BCUT2D eigenvalue weighted by atomic mass is 16.5. The van der Waals surface area contributed by atoms with Crippen molar-refractivity contribution in [3.63, 3.8) is 0 Å². The molecule has 24 heavy (non-hydrogen) atoms. The van der Waals surface area contributed by atoms with E-state index in [0.717, 1.165) is 12.1 Å². The summed E-state index contributed by atoms with van der Waals surface area (Å²) in [5.74, 6) is 0.570. The summed E-state index contributed by atoms with van der Waals surface area (Å²) >= 11 is 0. The molecule has 1 aliphatic rings. The van der Waals surface area contributed by atoms with Crippen molar-refractivity contribution < 1.29 is 9.53 Å². The Hall–Kier alpha value is -2.14. The number of hydrogen-bond acceptors (Lipinski definition) is 3. The molecule has 0 radical (unpaired) electrons. The Bertz CT molecular complexity index is 666. The third kappa shape index (κ3) is 4.23. The van der Waals surface area contributed by atoms with Crippen molar-refractivity contribution in [1.82, 2.24) is 14.5 Å². The number of carbonyl (C=O) groups excluding carboxylic acids is 1. The van der Waals surface area contributed by atoms with Gasteiger partial charge < -0.3 is 14.2 Å². The number of fused-ring (bicyclic) bond motifs is 1. The Morgan fingerprint density at radius 2 is 2.08 bits per heavy atom. The molecule has 1 amide bonds. The smallest absolute Gasteiger partial charge is 0.223 e. The molecule has 3 rings (SSSR count). The molecule has 2 aromatic heterocycles. The van der Waals surface area contributed by atoms with Crippen LogP contribution in [0.3, 0.4) is 0 Å². The second kappa shape index (κ2) is 7.62. The van der Waals surface area contributed by atoms with E-state index >= 15 is 0 Å². The molecule has 1 atom stereocenters. The monoisotopic (exact) mass is 327 g/mol. The van der Waals surface area contributed by atoms with E-state index in [1.165, 1.54) is 5.69 Å². The molecule has 5 heteroatoms. The number of hydrogen-bond donors (Lipinski definition) is 0. The van der Waals surface area contributed by atoms with E-state index in [-0.39, 0.29) is 12.0 Å². The van der Waals surface area contributed by atoms with Crippen molar-refractivity contribution in [1.29, 1.82) is 0 Å². The molecule has 0 N–H and O–H groups in total. The van der Waals surface area contributed by atoms with E-state index in [9.17, 15) is 4.79 Å². The van der Waals surface area contributed by atoms with Crippen LogP contribution in [0.4, 0.5) is 0 Å². The second-order valence-electron chi connectivity index (χ2n) is 6.81. The van der Waals surface area contributed by atoms with Gasteiger partial charge >= 0.3 is 0 Å². The standard InChI is InChI=1S/C19H25N3O2/c1-15(2)10-19(23)22-11-17-4-3-9-21(17)12-18(13-22)24-14-16-5-7-20-8-6-16/h3-9,15,18H,10-14H2,1-2H3. The van der Waals surface area contributed by atoms with Crippen LogP contribution in [-0.4, -0.2) is 33.0 Å². The van der Waals surface area contributed by atoms with Crippen molar-refractivity contribution in [3.8, 4) is 0 Å². The largest absolute Gasteiger partial charge is 0.370 e. The van der Waals surface area contributed by atoms with Gasteiger partial charge in [-0.25, -0.2) is 0 Å². The van der Waals surface area contributed by atoms with Gasteiger partial charge in [0.2, 0.25) is 5.91 Å². The number of nitrogens with zero attached hydrogens (tertiary/aromatic N) is 3. The van der Waals surface area contributed by atoms with Crippen LogP contribution in [0.5, 0.6) is 0 Å². The third-order valence-electron chi connectivity index (χ3n) is 4.27. The number of amides is 1. The van der Waals surface area contributed by atoms with Gasteiger partial charge in [0.25, 0.3) is 0 Å². The van der Waals surface area contributed by atoms with Crippen molar-refractivity contribution in [2.24, 2.45) is 5.92 Å². The normalized spacial score (nSPS) is 17.6. The average Bonchev–Trinajstić information content (AvgIpc) is 2.91. The van der Waals surface area contributed by atoms with E-state index in [0.29, 0.717) is 32.0 Å². The average molecular weight is 327 g/mol. The minimum Gasteiger partial charge on any atom is -0.370 e. The maximum absolute atomic E-state index is 12.6. The Labute approximate surface area is 143 Å². The van der Waals surface area contributed by atoms with Gasteiger partial charge in [-0.3, -0.25) is 9.78 Å². The topological polar surface area (TPSA) is 47.4 Å². The van der Waals surface area contributed by atoms with Gasteiger partial charge in [0.15, 0.2) is 0 Å². The lowest BCUT2D eigenvalue weighted by Gasteiger charge is -2.25. The molecule has 0 saturated carbocycles. The molecule has 0 saturated heterocycles. The highest BCUT2D eigenvalue weighted by Crippen LogP contribution is 2.18. The first-order valence-corrected chi connectivity index (χ1v) is 8.54. The van der Waals surface area contributed by atoms with Gasteiger partial charge in [-0.1, -0.05) is 13.8 Å². The van der Waals surface area contributed by atoms with E-state index in [1.54, 1.807) is 12.4 Å². The predicted molar refractivity (Wildman–Crippen MR) is 92.1 cm³/mol. The predicted octanol–water partition coefficient (Wildman–Crippen LogP) is 2.86. The fourth-order valence-electron chi connectivity index (χ4n) is 3.02. The van der Waals surface area contributed by atoms with E-state index < -0.39 is 0 Å². The molecular weight excluding hydrogens is 302 g/mol. The lowest BCUT2D eigenvalue weighted by atomic mass is 10.1. The first kappa shape index (κ1) is 16.7. The molecule has 3 heterocycles. The molecule has 5 nitrogen and oxygen atoms in total. The van der Waals surface area contributed by atoms with Crippen molar-refractivity contribution in [3.05, 3.63) is 54.1 Å². The highest BCUT2D eigenvalue weighted by Gasteiger charge is 2.25. The summed E-state index contributed by atoms with van der Waals surface area (Å²) in [5, 5.41) is 0. The van der Waals surface area contributed by atoms with Crippen molar-refractivity contribution in [2.45, 2.75) is 46.1 Å². The zero-order chi connectivity index (χ0) is 16.9. The molecule has 1 aliphatic heterocycles. The van der Waals surface area contributed by atoms with Gasteiger partial charge in [-0.05, 0) is 35.7 Å². The summed E-state index contributed by atoms with van der Waals surface area (Å²) in [5.41, 5.74) is 2.27. The summed E-state index contributed by atoms with van der Waals surface area (Å²) in [4.78, 5) is 18.5. The number of carbonyl (C=O) groups is 1. The second-order valence-corrected chi connectivity index (χ2v) is 6.81. The minimum absolute atomic E-state index is 0.0112. The molecule has 0 fully saturated rings. The summed E-state index contributed by atoms with van der Waals surface area (Å²) in [6, 6.07) is 8.03. The molecule has 128 valence electrons. The maximum atomic E-state index is 12.6. The van der Waals surface area contributed by atoms with Crippen LogP contribution < -0.4 is 0 Å². The number of aromatic nitrogens is 2. The van der Waals surface area contributed by atoms with Crippen LogP contribution in [0.2, 0.25) is 0 Å². The Morgan fingerprint density at radius 1 is 1.29 bits per heavy atom. The molecular formula is C19H25N3O2. The fraction of sp³-hybridized carbons (Fsp3) is 0.474. The minimum atomic E-state index is -0.0112. The molecule has 0 spiro atoms. The molecule has 0 aromatic carbocycles. The van der Waals surface area contributed by atoms with Gasteiger partial charge in [0.05, 0.1) is 25.8 Å². The number of ether oxygens (including phenoxy) is 1. The van der Waals surface area contributed by atoms with E-state index in [4.69, 9.17) is 4.74 Å². The lowest BCUT2D eigenvalue weighted by Crippen LogP contribution is -2.37. The molecule has 1 unspecified atom stereocenters. The van der Waals surface area contributed by atoms with Crippen LogP contribution in [0, 0.1) is 5.92 Å². The van der Waals surface area contributed by atoms with Gasteiger partial charge in [0, 0.05) is 37.3 Å². The molecule has 0 aliphatic carbocycles. The quantitative estimate of drug-likeness (QED) is 0.848. The first-order chi connectivity index (χ1) is 11.6. The Kier molecular flexibility index (Phi) is 5.30. The fourth-order valence-corrected chi connectivity index (χ4v) is 3.02. The summed E-state index contributed by atoms with van der Waals surface area (Å²) in [7, 11) is 0. The van der Waals surface area contributed by atoms with Crippen LogP contribution in [0.15, 0.2) is 42.9 Å². The zero-order valence-electron chi connectivity index (χ0n) is 14.4. The SMILES string of the molecule is CC(C)CC(=O)N1Cc2cccn2CC(OCc2ccncc2)C1. The van der Waals surface area contributed by atoms with Crippen LogP contribution in [-0.2, 0) is 29.2 Å². The lowest BCUT2D eigenvalue weighted by molar-refractivity contribution is -0.134. The Balaban J connectivity index is 1.70. The van der Waals surface area contributed by atoms with Crippen LogP contribution in [0.25, 0.3) is 0 Å². The number of rotatable bonds is 5. The van der Waals surface area contributed by atoms with Crippen LogP contribution in [0.1, 0.15) is 31.5 Å². The summed E-state index contributed by atoms with van der Waals surface area (Å²) in [6.45, 7) is 6.77. The van der Waals surface area contributed by atoms with E-state index in [2.05, 4.69) is 35.7 Å². The maximum Gasteiger partial charge on any atom is 0.223 e.